The van der Waals surface area contributed by atoms with Crippen molar-refractivity contribution in [2.24, 2.45) is 4.99 Å². The average molecular weight is 530 g/mol. The SMILES string of the molecule is CN=C(NCc1ccc(S(C)(=O)=O)c(C)c1)NCc1ccc(N(C)C)cc1C.I. The molecule has 0 spiro atoms. The van der Waals surface area contributed by atoms with Gasteiger partial charge in [-0.25, -0.2) is 8.42 Å². The highest BCUT2D eigenvalue weighted by atomic mass is 127. The minimum absolute atomic E-state index is 0. The molecule has 0 aromatic heterocycles. The van der Waals surface area contributed by atoms with Gasteiger partial charge >= 0.3 is 0 Å². The number of nitrogens with one attached hydrogen (secondary N) is 2. The van der Waals surface area contributed by atoms with Crippen molar-refractivity contribution in [3.63, 3.8) is 0 Å². The van der Waals surface area contributed by atoms with E-state index in [4.69, 9.17) is 0 Å². The van der Waals surface area contributed by atoms with E-state index in [2.05, 4.69) is 45.6 Å². The normalized spacial score (nSPS) is 11.6. The Balaban J connectivity index is 0.00000420. The molecule has 0 aliphatic heterocycles. The van der Waals surface area contributed by atoms with Crippen LogP contribution in [0, 0.1) is 13.8 Å². The smallest absolute Gasteiger partial charge is 0.191 e. The van der Waals surface area contributed by atoms with Gasteiger partial charge in [0.15, 0.2) is 15.8 Å². The summed E-state index contributed by atoms with van der Waals surface area (Å²) >= 11 is 0. The quantitative estimate of drug-likeness (QED) is 0.341. The maximum Gasteiger partial charge on any atom is 0.191 e. The van der Waals surface area contributed by atoms with Crippen LogP contribution in [-0.4, -0.2) is 41.8 Å². The minimum Gasteiger partial charge on any atom is -0.378 e. The van der Waals surface area contributed by atoms with Gasteiger partial charge in [-0.15, -0.1) is 24.0 Å². The fourth-order valence-electron chi connectivity index (χ4n) is 2.98. The van der Waals surface area contributed by atoms with Crippen molar-refractivity contribution in [2.45, 2.75) is 31.8 Å². The van der Waals surface area contributed by atoms with E-state index in [1.807, 2.05) is 33.2 Å². The van der Waals surface area contributed by atoms with Crippen molar-refractivity contribution < 1.29 is 8.42 Å². The van der Waals surface area contributed by atoms with Crippen LogP contribution in [0.2, 0.25) is 0 Å². The van der Waals surface area contributed by atoms with Crippen molar-refractivity contribution >= 4 is 45.5 Å². The molecule has 0 radical (unpaired) electrons. The van der Waals surface area contributed by atoms with Crippen LogP contribution in [0.4, 0.5) is 5.69 Å². The van der Waals surface area contributed by atoms with Gasteiger partial charge < -0.3 is 15.5 Å². The van der Waals surface area contributed by atoms with Crippen LogP contribution in [0.25, 0.3) is 0 Å². The van der Waals surface area contributed by atoms with Crippen molar-refractivity contribution in [3.8, 4) is 0 Å². The first-order valence-corrected chi connectivity index (χ1v) is 11.0. The molecular formula is C21H31IN4O2S. The second-order valence-corrected chi connectivity index (χ2v) is 9.14. The van der Waals surface area contributed by atoms with Gasteiger partial charge in [-0.05, 0) is 54.3 Å². The number of halogens is 1. The van der Waals surface area contributed by atoms with Crippen molar-refractivity contribution in [1.29, 1.82) is 0 Å². The fraction of sp³-hybridized carbons (Fsp3) is 0.381. The van der Waals surface area contributed by atoms with Gasteiger partial charge in [-0.3, -0.25) is 4.99 Å². The Morgan fingerprint density at radius 1 is 1.00 bits per heavy atom. The number of hydrogen-bond donors (Lipinski definition) is 2. The van der Waals surface area contributed by atoms with E-state index in [1.54, 1.807) is 13.1 Å². The summed E-state index contributed by atoms with van der Waals surface area (Å²) < 4.78 is 23.5. The molecule has 0 bridgehead atoms. The monoisotopic (exact) mass is 530 g/mol. The standard InChI is InChI=1S/C21H30N4O2S.HI/c1-15-12-19(25(4)5)9-8-18(15)14-24-21(22-3)23-13-17-7-10-20(16(2)11-17)28(6,26)27;/h7-12H,13-14H2,1-6H3,(H2,22,23,24);1H. The molecule has 160 valence electrons. The molecule has 2 rings (SSSR count). The van der Waals surface area contributed by atoms with E-state index in [0.717, 1.165) is 11.1 Å². The first-order chi connectivity index (χ1) is 13.1. The van der Waals surface area contributed by atoms with Crippen LogP contribution in [-0.2, 0) is 22.9 Å². The Morgan fingerprint density at radius 2 is 1.66 bits per heavy atom. The number of guanidine groups is 1. The summed E-state index contributed by atoms with van der Waals surface area (Å²) in [6.07, 6.45) is 1.23. The molecular weight excluding hydrogens is 499 g/mol. The molecule has 0 aliphatic carbocycles. The highest BCUT2D eigenvalue weighted by Gasteiger charge is 2.11. The van der Waals surface area contributed by atoms with Gasteiger partial charge in [0.05, 0.1) is 4.90 Å². The zero-order chi connectivity index (χ0) is 20.9. The summed E-state index contributed by atoms with van der Waals surface area (Å²) in [6.45, 7) is 5.15. The van der Waals surface area contributed by atoms with E-state index < -0.39 is 9.84 Å². The second-order valence-electron chi connectivity index (χ2n) is 7.16. The lowest BCUT2D eigenvalue weighted by molar-refractivity contribution is 0.601. The topological polar surface area (TPSA) is 73.8 Å². The Hall–Kier alpha value is -1.81. The zero-order valence-electron chi connectivity index (χ0n) is 17.9. The summed E-state index contributed by atoms with van der Waals surface area (Å²) in [5.74, 6) is 0.695. The third-order valence-electron chi connectivity index (χ3n) is 4.61. The molecule has 0 amide bonds. The summed E-state index contributed by atoms with van der Waals surface area (Å²) in [4.78, 5) is 6.72. The Morgan fingerprint density at radius 3 is 2.17 bits per heavy atom. The molecule has 0 fully saturated rings. The number of nitrogens with zero attached hydrogens (tertiary/aromatic N) is 2. The summed E-state index contributed by atoms with van der Waals surface area (Å²) in [6, 6.07) is 11.8. The second kappa shape index (κ2) is 10.8. The molecule has 6 nitrogen and oxygen atoms in total. The van der Waals surface area contributed by atoms with Gasteiger partial charge in [0, 0.05) is 46.2 Å². The first kappa shape index (κ1) is 25.2. The maximum atomic E-state index is 11.7. The third-order valence-corrected chi connectivity index (χ3v) is 5.87. The van der Waals surface area contributed by atoms with Gasteiger partial charge in [0.2, 0.25) is 0 Å². The van der Waals surface area contributed by atoms with Crippen LogP contribution in [0.5, 0.6) is 0 Å². The Kier molecular flexibility index (Phi) is 9.41. The van der Waals surface area contributed by atoms with E-state index in [0.29, 0.717) is 23.9 Å². The molecule has 0 aliphatic rings. The molecule has 0 heterocycles. The van der Waals surface area contributed by atoms with Gasteiger partial charge in [-0.2, -0.15) is 0 Å². The van der Waals surface area contributed by atoms with Crippen molar-refractivity contribution in [1.82, 2.24) is 10.6 Å². The minimum atomic E-state index is -3.20. The van der Waals surface area contributed by atoms with Gasteiger partial charge in [0.1, 0.15) is 0 Å². The summed E-state index contributed by atoms with van der Waals surface area (Å²) in [5.41, 5.74) is 5.36. The molecule has 8 heteroatoms. The van der Waals surface area contributed by atoms with Gasteiger partial charge in [-0.1, -0.05) is 18.2 Å². The molecule has 0 saturated carbocycles. The lowest BCUT2D eigenvalue weighted by Gasteiger charge is -2.17. The van der Waals surface area contributed by atoms with Crippen molar-refractivity contribution in [3.05, 3.63) is 58.7 Å². The Bertz CT molecular complexity index is 973. The predicted octanol–water partition coefficient (Wildman–Crippen LogP) is 3.26. The number of benzene rings is 2. The highest BCUT2D eigenvalue weighted by Crippen LogP contribution is 2.18. The maximum absolute atomic E-state index is 11.7. The van der Waals surface area contributed by atoms with Crippen LogP contribution >= 0.6 is 24.0 Å². The van der Waals surface area contributed by atoms with Crippen LogP contribution in [0.3, 0.4) is 0 Å². The summed E-state index contributed by atoms with van der Waals surface area (Å²) in [5, 5.41) is 6.60. The van der Waals surface area contributed by atoms with E-state index in [9.17, 15) is 8.42 Å². The molecule has 2 aromatic rings. The number of hydrogen-bond acceptors (Lipinski definition) is 4. The number of sulfone groups is 1. The van der Waals surface area contributed by atoms with Crippen molar-refractivity contribution in [2.75, 3.05) is 32.3 Å². The molecule has 29 heavy (non-hydrogen) atoms. The highest BCUT2D eigenvalue weighted by molar-refractivity contribution is 14.0. The molecule has 0 saturated heterocycles. The van der Waals surface area contributed by atoms with Gasteiger partial charge in [0.25, 0.3) is 0 Å². The van der Waals surface area contributed by atoms with Crippen LogP contribution in [0.1, 0.15) is 22.3 Å². The zero-order valence-corrected chi connectivity index (χ0v) is 21.1. The number of rotatable bonds is 6. The molecule has 2 aromatic carbocycles. The van der Waals surface area contributed by atoms with E-state index in [-0.39, 0.29) is 24.0 Å². The lowest BCUT2D eigenvalue weighted by Crippen LogP contribution is -2.36. The fourth-order valence-corrected chi connectivity index (χ4v) is 3.94. The average Bonchev–Trinajstić information content (AvgIpc) is 2.61. The predicted molar refractivity (Wildman–Crippen MR) is 132 cm³/mol. The molecule has 0 atom stereocenters. The third kappa shape index (κ3) is 7.18. The van der Waals surface area contributed by atoms with Crippen LogP contribution < -0.4 is 15.5 Å². The number of aryl methyl sites for hydroxylation is 2. The summed E-state index contributed by atoms with van der Waals surface area (Å²) in [7, 11) is 2.59. The largest absolute Gasteiger partial charge is 0.378 e. The van der Waals surface area contributed by atoms with E-state index in [1.165, 1.54) is 23.1 Å². The number of aliphatic imine (C=N–C) groups is 1. The Labute approximate surface area is 191 Å². The number of anilines is 1. The van der Waals surface area contributed by atoms with Crippen LogP contribution in [0.15, 0.2) is 46.3 Å². The molecule has 0 unspecified atom stereocenters. The molecule has 2 N–H and O–H groups in total. The first-order valence-electron chi connectivity index (χ1n) is 9.12. The van der Waals surface area contributed by atoms with E-state index >= 15 is 0 Å². The lowest BCUT2D eigenvalue weighted by atomic mass is 10.1.